The molecule has 0 radical (unpaired) electrons. The molecular formula is C28H46O3. The molecule has 176 valence electrons. The second-order valence-electron chi connectivity index (χ2n) is 11.8. The lowest BCUT2D eigenvalue weighted by atomic mass is 9.58. The highest BCUT2D eigenvalue weighted by atomic mass is 16.3. The molecule has 3 heteroatoms. The van der Waals surface area contributed by atoms with Gasteiger partial charge >= 0.3 is 0 Å². The third kappa shape index (κ3) is 5.37. The van der Waals surface area contributed by atoms with Gasteiger partial charge in [0, 0.05) is 5.41 Å². The van der Waals surface area contributed by atoms with Crippen molar-refractivity contribution in [2.24, 2.45) is 29.1 Å². The molecule has 3 unspecified atom stereocenters. The third-order valence-electron chi connectivity index (χ3n) is 9.12. The maximum absolute atomic E-state index is 11.2. The molecule has 0 amide bonds. The highest BCUT2D eigenvalue weighted by Gasteiger charge is 2.55. The van der Waals surface area contributed by atoms with Crippen LogP contribution in [0.25, 0.3) is 0 Å². The fourth-order valence-electron chi connectivity index (χ4n) is 6.74. The average Bonchev–Trinajstić information content (AvgIpc) is 3.06. The standard InChI is InChI=1S/C28H46O3/c1-18(15-16-27(4,5)31)20(3)24-12-13-25-21(10-14-26(30)28(24,25)6)8-9-22-17-23(29)11-7-19(22)2/h8-9,18,20,23-26,29-31H,2,7,10-17H2,1,3-6H3/b21-8?,22-9-/t18?,20-,23+,24-,25?,26?,28-/m1/s1. The fraction of sp³-hybridized carbons (Fsp3) is 0.786. The van der Waals surface area contributed by atoms with Crippen LogP contribution in [-0.2, 0) is 0 Å². The Morgan fingerprint density at radius 2 is 1.81 bits per heavy atom. The van der Waals surface area contributed by atoms with Gasteiger partial charge in [0.05, 0.1) is 17.8 Å². The van der Waals surface area contributed by atoms with Gasteiger partial charge in [-0.15, -0.1) is 0 Å². The van der Waals surface area contributed by atoms with E-state index >= 15 is 0 Å². The summed E-state index contributed by atoms with van der Waals surface area (Å²) in [5.41, 5.74) is 3.16. The van der Waals surface area contributed by atoms with Crippen LogP contribution in [0.4, 0.5) is 0 Å². The highest BCUT2D eigenvalue weighted by molar-refractivity contribution is 5.36. The van der Waals surface area contributed by atoms with Crippen molar-refractivity contribution in [1.29, 1.82) is 0 Å². The van der Waals surface area contributed by atoms with Gasteiger partial charge in [0.1, 0.15) is 0 Å². The first kappa shape index (κ1) is 24.7. The molecule has 0 spiro atoms. The van der Waals surface area contributed by atoms with Gasteiger partial charge in [0.15, 0.2) is 0 Å². The van der Waals surface area contributed by atoms with Crippen molar-refractivity contribution in [1.82, 2.24) is 0 Å². The Morgan fingerprint density at radius 1 is 1.10 bits per heavy atom. The Hall–Kier alpha value is -0.900. The van der Waals surface area contributed by atoms with Crippen molar-refractivity contribution in [2.45, 2.75) is 110 Å². The van der Waals surface area contributed by atoms with Crippen LogP contribution in [-0.4, -0.2) is 33.1 Å². The smallest absolute Gasteiger partial charge is 0.0605 e. The van der Waals surface area contributed by atoms with Gasteiger partial charge in [0.2, 0.25) is 0 Å². The average molecular weight is 431 g/mol. The molecule has 0 aliphatic heterocycles. The molecular weight excluding hydrogens is 384 g/mol. The molecule has 0 bridgehead atoms. The Balaban J connectivity index is 1.78. The number of allylic oxidation sites excluding steroid dienone is 4. The molecule has 0 heterocycles. The summed E-state index contributed by atoms with van der Waals surface area (Å²) in [6.07, 6.45) is 12.4. The van der Waals surface area contributed by atoms with Gasteiger partial charge in [-0.1, -0.05) is 50.6 Å². The van der Waals surface area contributed by atoms with Gasteiger partial charge < -0.3 is 15.3 Å². The zero-order valence-corrected chi connectivity index (χ0v) is 20.5. The van der Waals surface area contributed by atoms with Crippen LogP contribution in [0.15, 0.2) is 35.5 Å². The van der Waals surface area contributed by atoms with Gasteiger partial charge in [-0.2, -0.15) is 0 Å². The molecule has 0 aromatic carbocycles. The van der Waals surface area contributed by atoms with E-state index in [4.69, 9.17) is 0 Å². The summed E-state index contributed by atoms with van der Waals surface area (Å²) in [5.74, 6) is 2.00. The SMILES string of the molecule is C=C1CC[C@H](O)C/C1=C/C=C1CCC(O)[C@@]2(C)C1CC[C@@H]2[C@H](C)C(C)CCC(C)(C)O. The number of hydrogen-bond donors (Lipinski definition) is 3. The van der Waals surface area contributed by atoms with Gasteiger partial charge in [0.25, 0.3) is 0 Å². The molecule has 3 rings (SSSR count). The minimum absolute atomic E-state index is 0.0753. The molecule has 3 aliphatic rings. The zero-order chi connectivity index (χ0) is 23.0. The van der Waals surface area contributed by atoms with Crippen LogP contribution in [0.3, 0.4) is 0 Å². The monoisotopic (exact) mass is 430 g/mol. The molecule has 31 heavy (non-hydrogen) atoms. The van der Waals surface area contributed by atoms with Crippen LogP contribution in [0.5, 0.6) is 0 Å². The van der Waals surface area contributed by atoms with E-state index in [1.54, 1.807) is 0 Å². The zero-order valence-electron chi connectivity index (χ0n) is 20.5. The first-order valence-electron chi connectivity index (χ1n) is 12.6. The topological polar surface area (TPSA) is 60.7 Å². The summed E-state index contributed by atoms with van der Waals surface area (Å²) in [4.78, 5) is 0. The summed E-state index contributed by atoms with van der Waals surface area (Å²) < 4.78 is 0. The lowest BCUT2D eigenvalue weighted by Crippen LogP contribution is -2.47. The Kier molecular flexibility index (Phi) is 7.61. The molecule has 3 fully saturated rings. The number of rotatable bonds is 6. The predicted octanol–water partition coefficient (Wildman–Crippen LogP) is 5.95. The summed E-state index contributed by atoms with van der Waals surface area (Å²) >= 11 is 0. The maximum atomic E-state index is 11.2. The van der Waals surface area contributed by atoms with Crippen LogP contribution in [0.2, 0.25) is 0 Å². The second kappa shape index (κ2) is 9.53. The van der Waals surface area contributed by atoms with Crippen LogP contribution in [0, 0.1) is 29.1 Å². The predicted molar refractivity (Wildman–Crippen MR) is 129 cm³/mol. The summed E-state index contributed by atoms with van der Waals surface area (Å²) in [5, 5.41) is 31.4. The number of aliphatic hydroxyl groups is 3. The number of fused-ring (bicyclic) bond motifs is 1. The number of hydrogen-bond acceptors (Lipinski definition) is 3. The van der Waals surface area contributed by atoms with E-state index in [1.807, 2.05) is 13.8 Å². The van der Waals surface area contributed by atoms with E-state index in [0.29, 0.717) is 30.1 Å². The Bertz CT molecular complexity index is 712. The van der Waals surface area contributed by atoms with E-state index in [2.05, 4.69) is 39.5 Å². The molecule has 7 atom stereocenters. The second-order valence-corrected chi connectivity index (χ2v) is 11.8. The minimum Gasteiger partial charge on any atom is -0.393 e. The largest absolute Gasteiger partial charge is 0.393 e. The summed E-state index contributed by atoms with van der Waals surface area (Å²) in [6.45, 7) is 15.0. The normalized spacial score (nSPS) is 39.0. The van der Waals surface area contributed by atoms with Crippen LogP contribution in [0.1, 0.15) is 92.4 Å². The fourth-order valence-corrected chi connectivity index (χ4v) is 6.74. The van der Waals surface area contributed by atoms with Gasteiger partial charge in [-0.05, 0) is 101 Å². The van der Waals surface area contributed by atoms with E-state index in [0.717, 1.165) is 44.9 Å². The van der Waals surface area contributed by atoms with Crippen molar-refractivity contribution < 1.29 is 15.3 Å². The quantitative estimate of drug-likeness (QED) is 0.488. The molecule has 3 saturated carbocycles. The van der Waals surface area contributed by atoms with Crippen molar-refractivity contribution in [3.8, 4) is 0 Å². The number of aliphatic hydroxyl groups excluding tert-OH is 2. The lowest BCUT2D eigenvalue weighted by molar-refractivity contribution is -0.0554. The summed E-state index contributed by atoms with van der Waals surface area (Å²) in [6, 6.07) is 0. The van der Waals surface area contributed by atoms with Crippen molar-refractivity contribution in [3.05, 3.63) is 35.5 Å². The molecule has 0 aromatic rings. The molecule has 3 nitrogen and oxygen atoms in total. The molecule has 0 aromatic heterocycles. The summed E-state index contributed by atoms with van der Waals surface area (Å²) in [7, 11) is 0. The molecule has 3 N–H and O–H groups in total. The van der Waals surface area contributed by atoms with E-state index in [9.17, 15) is 15.3 Å². The van der Waals surface area contributed by atoms with Crippen molar-refractivity contribution in [2.75, 3.05) is 0 Å². The van der Waals surface area contributed by atoms with Crippen LogP contribution >= 0.6 is 0 Å². The lowest BCUT2D eigenvalue weighted by Gasteiger charge is -2.48. The van der Waals surface area contributed by atoms with Crippen molar-refractivity contribution >= 4 is 0 Å². The minimum atomic E-state index is -0.611. The van der Waals surface area contributed by atoms with E-state index in [-0.39, 0.29) is 17.6 Å². The molecule has 3 aliphatic carbocycles. The first-order chi connectivity index (χ1) is 14.4. The van der Waals surface area contributed by atoms with Crippen molar-refractivity contribution in [3.63, 3.8) is 0 Å². The highest BCUT2D eigenvalue weighted by Crippen LogP contribution is 2.60. The Labute approximate surface area is 190 Å². The van der Waals surface area contributed by atoms with Gasteiger partial charge in [-0.3, -0.25) is 0 Å². The van der Waals surface area contributed by atoms with E-state index in [1.165, 1.54) is 23.1 Å². The van der Waals surface area contributed by atoms with Gasteiger partial charge in [-0.25, -0.2) is 0 Å². The third-order valence-corrected chi connectivity index (χ3v) is 9.12. The van der Waals surface area contributed by atoms with E-state index < -0.39 is 5.60 Å². The molecule has 0 saturated heterocycles. The first-order valence-corrected chi connectivity index (χ1v) is 12.6. The maximum Gasteiger partial charge on any atom is 0.0605 e. The van der Waals surface area contributed by atoms with Crippen LogP contribution < -0.4 is 0 Å². The Morgan fingerprint density at radius 3 is 2.48 bits per heavy atom.